The second-order valence-electron chi connectivity index (χ2n) is 7.12. The van der Waals surface area contributed by atoms with E-state index in [1.807, 2.05) is 27.7 Å². The van der Waals surface area contributed by atoms with E-state index in [9.17, 15) is 9.59 Å². The summed E-state index contributed by atoms with van der Waals surface area (Å²) in [6.45, 7) is 8.99. The molecule has 1 aliphatic heterocycles. The molecule has 1 saturated carbocycles. The highest BCUT2D eigenvalue weighted by Crippen LogP contribution is 2.35. The van der Waals surface area contributed by atoms with Gasteiger partial charge in [0.15, 0.2) is 0 Å². The van der Waals surface area contributed by atoms with Gasteiger partial charge in [0.2, 0.25) is 11.8 Å². The van der Waals surface area contributed by atoms with Crippen LogP contribution in [0, 0.1) is 5.92 Å². The standard InChI is InChI=1S/C16H28N2O3/c1-5-6-12-14(19)17-13(11-7-8-11)15(20)18(12)9-10-21-16(2,3)4/h11-13H,5-10H2,1-4H3,(H,17,19). The molecule has 2 atom stereocenters. The van der Waals surface area contributed by atoms with E-state index in [0.29, 0.717) is 25.5 Å². The summed E-state index contributed by atoms with van der Waals surface area (Å²) >= 11 is 0. The number of nitrogens with zero attached hydrogens (tertiary/aromatic N) is 1. The fraction of sp³-hybridized carbons (Fsp3) is 0.875. The maximum atomic E-state index is 12.6. The van der Waals surface area contributed by atoms with Gasteiger partial charge in [0.05, 0.1) is 12.2 Å². The number of hydrogen-bond acceptors (Lipinski definition) is 3. The Hall–Kier alpha value is -1.10. The molecule has 21 heavy (non-hydrogen) atoms. The Morgan fingerprint density at radius 2 is 1.95 bits per heavy atom. The zero-order chi connectivity index (χ0) is 15.6. The van der Waals surface area contributed by atoms with E-state index in [-0.39, 0.29) is 29.5 Å². The largest absolute Gasteiger partial charge is 0.374 e. The molecule has 1 aliphatic carbocycles. The first-order valence-corrected chi connectivity index (χ1v) is 8.08. The minimum atomic E-state index is -0.332. The van der Waals surface area contributed by atoms with Crippen LogP contribution in [0.5, 0.6) is 0 Å². The highest BCUT2D eigenvalue weighted by Gasteiger charge is 2.46. The van der Waals surface area contributed by atoms with Crippen LogP contribution >= 0.6 is 0 Å². The fourth-order valence-electron chi connectivity index (χ4n) is 2.81. The summed E-state index contributed by atoms with van der Waals surface area (Å²) in [5.74, 6) is 0.423. The lowest BCUT2D eigenvalue weighted by Gasteiger charge is -2.39. The molecular formula is C16H28N2O3. The van der Waals surface area contributed by atoms with Gasteiger partial charge in [0, 0.05) is 6.54 Å². The second-order valence-corrected chi connectivity index (χ2v) is 7.12. The number of carbonyl (C=O) groups is 2. The van der Waals surface area contributed by atoms with Gasteiger partial charge in [-0.05, 0) is 46.0 Å². The summed E-state index contributed by atoms with van der Waals surface area (Å²) in [6.07, 6.45) is 3.68. The van der Waals surface area contributed by atoms with E-state index in [2.05, 4.69) is 5.32 Å². The van der Waals surface area contributed by atoms with Gasteiger partial charge in [-0.1, -0.05) is 13.3 Å². The molecular weight excluding hydrogens is 268 g/mol. The summed E-state index contributed by atoms with van der Waals surface area (Å²) in [6, 6.07) is -0.638. The van der Waals surface area contributed by atoms with Crippen LogP contribution in [0.25, 0.3) is 0 Å². The number of ether oxygens (including phenoxy) is 1. The van der Waals surface area contributed by atoms with Gasteiger partial charge < -0.3 is 15.0 Å². The van der Waals surface area contributed by atoms with Crippen molar-refractivity contribution in [3.05, 3.63) is 0 Å². The quantitative estimate of drug-likeness (QED) is 0.812. The van der Waals surface area contributed by atoms with Crippen LogP contribution in [0.4, 0.5) is 0 Å². The number of hydrogen-bond donors (Lipinski definition) is 1. The van der Waals surface area contributed by atoms with Crippen LogP contribution in [0.3, 0.4) is 0 Å². The van der Waals surface area contributed by atoms with Crippen molar-refractivity contribution in [1.82, 2.24) is 10.2 Å². The lowest BCUT2D eigenvalue weighted by atomic mass is 10.0. The monoisotopic (exact) mass is 296 g/mol. The maximum Gasteiger partial charge on any atom is 0.246 e. The lowest BCUT2D eigenvalue weighted by Crippen LogP contribution is -2.64. The van der Waals surface area contributed by atoms with Gasteiger partial charge in [-0.2, -0.15) is 0 Å². The van der Waals surface area contributed by atoms with Crippen LogP contribution in [-0.2, 0) is 14.3 Å². The Labute approximate surface area is 127 Å². The van der Waals surface area contributed by atoms with E-state index in [1.165, 1.54) is 0 Å². The summed E-state index contributed by atoms with van der Waals surface area (Å²) in [5.41, 5.74) is -0.225. The average molecular weight is 296 g/mol. The first kappa shape index (κ1) is 16.3. The molecule has 2 aliphatic rings. The van der Waals surface area contributed by atoms with E-state index in [4.69, 9.17) is 4.74 Å². The Balaban J connectivity index is 2.02. The third-order valence-corrected chi connectivity index (χ3v) is 4.05. The normalized spacial score (nSPS) is 27.0. The molecule has 1 saturated heterocycles. The maximum absolute atomic E-state index is 12.6. The Kier molecular flexibility index (Phi) is 4.91. The summed E-state index contributed by atoms with van der Waals surface area (Å²) in [5, 5.41) is 2.93. The first-order valence-electron chi connectivity index (χ1n) is 8.08. The third kappa shape index (κ3) is 4.19. The van der Waals surface area contributed by atoms with Gasteiger partial charge in [0.25, 0.3) is 0 Å². The molecule has 2 rings (SSSR count). The van der Waals surface area contributed by atoms with Crippen LogP contribution in [0.15, 0.2) is 0 Å². The van der Waals surface area contributed by atoms with Crippen molar-refractivity contribution >= 4 is 11.8 Å². The summed E-state index contributed by atoms with van der Waals surface area (Å²) in [7, 11) is 0. The van der Waals surface area contributed by atoms with E-state index >= 15 is 0 Å². The van der Waals surface area contributed by atoms with Crippen molar-refractivity contribution in [2.24, 2.45) is 5.92 Å². The van der Waals surface area contributed by atoms with Crippen molar-refractivity contribution in [2.75, 3.05) is 13.2 Å². The van der Waals surface area contributed by atoms with Crippen LogP contribution in [-0.4, -0.2) is 47.6 Å². The van der Waals surface area contributed by atoms with E-state index in [0.717, 1.165) is 19.3 Å². The number of carbonyl (C=O) groups excluding carboxylic acids is 2. The van der Waals surface area contributed by atoms with Gasteiger partial charge in [-0.15, -0.1) is 0 Å². The molecule has 1 N–H and O–H groups in total. The summed E-state index contributed by atoms with van der Waals surface area (Å²) in [4.78, 5) is 26.7. The Bertz CT molecular complexity index is 399. The number of amides is 2. The predicted molar refractivity (Wildman–Crippen MR) is 80.8 cm³/mol. The topological polar surface area (TPSA) is 58.6 Å². The highest BCUT2D eigenvalue weighted by molar-refractivity contribution is 5.97. The first-order chi connectivity index (χ1) is 9.83. The van der Waals surface area contributed by atoms with Gasteiger partial charge in [-0.3, -0.25) is 9.59 Å². The Morgan fingerprint density at radius 3 is 2.48 bits per heavy atom. The molecule has 5 nitrogen and oxygen atoms in total. The number of nitrogens with one attached hydrogen (secondary N) is 1. The molecule has 0 bridgehead atoms. The third-order valence-electron chi connectivity index (χ3n) is 4.05. The molecule has 0 aromatic heterocycles. The zero-order valence-corrected chi connectivity index (χ0v) is 13.6. The number of rotatable bonds is 6. The van der Waals surface area contributed by atoms with Crippen molar-refractivity contribution in [2.45, 2.75) is 71.1 Å². The van der Waals surface area contributed by atoms with Gasteiger partial charge >= 0.3 is 0 Å². The van der Waals surface area contributed by atoms with Crippen molar-refractivity contribution in [3.63, 3.8) is 0 Å². The van der Waals surface area contributed by atoms with Gasteiger partial charge in [-0.25, -0.2) is 0 Å². The SMILES string of the molecule is CCCC1C(=O)NC(C2CC2)C(=O)N1CCOC(C)(C)C. The molecule has 0 spiro atoms. The molecule has 2 unspecified atom stereocenters. The molecule has 1 heterocycles. The zero-order valence-electron chi connectivity index (χ0n) is 13.6. The number of piperazine rings is 1. The fourth-order valence-corrected chi connectivity index (χ4v) is 2.81. The molecule has 2 fully saturated rings. The van der Waals surface area contributed by atoms with Crippen LogP contribution in [0.2, 0.25) is 0 Å². The Morgan fingerprint density at radius 1 is 1.29 bits per heavy atom. The minimum absolute atomic E-state index is 0.00380. The molecule has 0 radical (unpaired) electrons. The highest BCUT2D eigenvalue weighted by atomic mass is 16.5. The predicted octanol–water partition coefficient (Wildman–Crippen LogP) is 1.71. The lowest BCUT2D eigenvalue weighted by molar-refractivity contribution is -0.151. The van der Waals surface area contributed by atoms with E-state index < -0.39 is 0 Å². The smallest absolute Gasteiger partial charge is 0.246 e. The molecule has 0 aromatic rings. The average Bonchev–Trinajstić information content (AvgIpc) is 3.19. The van der Waals surface area contributed by atoms with Crippen LogP contribution in [0.1, 0.15) is 53.4 Å². The van der Waals surface area contributed by atoms with Crippen LogP contribution < -0.4 is 5.32 Å². The van der Waals surface area contributed by atoms with Gasteiger partial charge in [0.1, 0.15) is 12.1 Å². The van der Waals surface area contributed by atoms with Crippen molar-refractivity contribution in [1.29, 1.82) is 0 Å². The molecule has 2 amide bonds. The molecule has 0 aromatic carbocycles. The van der Waals surface area contributed by atoms with E-state index in [1.54, 1.807) is 4.90 Å². The van der Waals surface area contributed by atoms with Crippen molar-refractivity contribution in [3.8, 4) is 0 Å². The van der Waals surface area contributed by atoms with Crippen molar-refractivity contribution < 1.29 is 14.3 Å². The molecule has 5 heteroatoms. The minimum Gasteiger partial charge on any atom is -0.374 e. The molecule has 120 valence electrons. The second kappa shape index (κ2) is 6.34. The summed E-state index contributed by atoms with van der Waals surface area (Å²) < 4.78 is 5.73.